The molecule has 1 aromatic heterocycles. The van der Waals surface area contributed by atoms with Gasteiger partial charge in [0, 0.05) is 25.6 Å². The van der Waals surface area contributed by atoms with Crippen LogP contribution in [0.15, 0.2) is 16.9 Å². The molecule has 12 heteroatoms. The Balaban J connectivity index is 2.07. The van der Waals surface area contributed by atoms with Gasteiger partial charge in [0.05, 0.1) is 11.2 Å². The van der Waals surface area contributed by atoms with Crippen molar-refractivity contribution in [1.29, 1.82) is 0 Å². The molecular weight excluding hydrogens is 436 g/mol. The number of carbonyl (C=O) groups is 1. The van der Waals surface area contributed by atoms with Gasteiger partial charge in [0.2, 0.25) is 0 Å². The number of aliphatic hydroxyl groups is 1. The molecule has 0 unspecified atom stereocenters. The lowest BCUT2D eigenvalue weighted by molar-refractivity contribution is -0.189. The number of alkyl halides is 3. The molecule has 176 valence electrons. The van der Waals surface area contributed by atoms with Crippen LogP contribution in [-0.2, 0) is 13.0 Å². The average Bonchev–Trinajstić information content (AvgIpc) is 3.02. The van der Waals surface area contributed by atoms with Gasteiger partial charge in [-0.25, -0.2) is 9.18 Å². The highest BCUT2D eigenvalue weighted by Crippen LogP contribution is 2.30. The second kappa shape index (κ2) is 8.57. The normalized spacial score (nSPS) is 15.2. The molecule has 32 heavy (non-hydrogen) atoms. The van der Waals surface area contributed by atoms with Crippen molar-refractivity contribution in [1.82, 2.24) is 19.7 Å². The van der Waals surface area contributed by atoms with Gasteiger partial charge in [0.15, 0.2) is 6.10 Å². The molecule has 0 saturated heterocycles. The van der Waals surface area contributed by atoms with E-state index in [1.54, 1.807) is 0 Å². The highest BCUT2D eigenvalue weighted by atomic mass is 19.4. The Morgan fingerprint density at radius 2 is 2.00 bits per heavy atom. The lowest BCUT2D eigenvalue weighted by Gasteiger charge is -2.21. The summed E-state index contributed by atoms with van der Waals surface area (Å²) >= 11 is 0. The third-order valence-electron chi connectivity index (χ3n) is 4.94. The zero-order valence-electron chi connectivity index (χ0n) is 17.8. The Morgan fingerprint density at radius 1 is 1.31 bits per heavy atom. The number of nitrogens with one attached hydrogen (secondary N) is 1. The Hall–Kier alpha value is -2.89. The van der Waals surface area contributed by atoms with Gasteiger partial charge in [0.25, 0.3) is 5.91 Å². The van der Waals surface area contributed by atoms with E-state index in [1.165, 1.54) is 18.4 Å². The van der Waals surface area contributed by atoms with Crippen LogP contribution < -0.4 is 15.7 Å². The minimum Gasteiger partial charge on any atom is -0.480 e. The summed E-state index contributed by atoms with van der Waals surface area (Å²) in [6.45, 7) is 3.72. The summed E-state index contributed by atoms with van der Waals surface area (Å²) in [6, 6.07) is 1.55. The third kappa shape index (κ3) is 5.12. The first-order valence-electron chi connectivity index (χ1n) is 10.0. The van der Waals surface area contributed by atoms with E-state index in [2.05, 4.69) is 10.4 Å². The summed E-state index contributed by atoms with van der Waals surface area (Å²) in [7, 11) is 0. The van der Waals surface area contributed by atoms with Gasteiger partial charge in [-0.3, -0.25) is 9.36 Å². The maximum Gasteiger partial charge on any atom is 0.425 e. The van der Waals surface area contributed by atoms with Gasteiger partial charge in [-0.05, 0) is 39.7 Å². The number of fused-ring (bicyclic) bond motifs is 1. The van der Waals surface area contributed by atoms with Crippen molar-refractivity contribution < 1.29 is 32.2 Å². The molecule has 0 bridgehead atoms. The lowest BCUT2D eigenvalue weighted by atomic mass is 10.1. The second-order valence-electron chi connectivity index (χ2n) is 8.32. The summed E-state index contributed by atoms with van der Waals surface area (Å²) in [6.07, 6.45) is -5.00. The molecule has 1 aromatic carbocycles. The van der Waals surface area contributed by atoms with Crippen LogP contribution in [0.4, 0.5) is 17.6 Å². The van der Waals surface area contributed by atoms with Gasteiger partial charge in [-0.1, -0.05) is 0 Å². The van der Waals surface area contributed by atoms with E-state index in [4.69, 9.17) is 4.74 Å². The number of aryl methyl sites for hydroxylation is 1. The standard InChI is InChI=1S/C20H24F4N4O4/c1-11(20(22,23)24)32-15-9-14(28-18(30)27-7-5-4-6-16(27)26-28)13(21)8-12(15)17(29)25-10-19(2,3)31/h8-9,11,31H,4-7,10H2,1-3H3,(H,25,29)/t11-/m0/s1. The first-order valence-corrected chi connectivity index (χ1v) is 10.0. The number of halogens is 4. The number of amides is 1. The maximum atomic E-state index is 15.0. The average molecular weight is 460 g/mol. The number of rotatable bonds is 6. The number of aromatic nitrogens is 3. The van der Waals surface area contributed by atoms with Crippen LogP contribution in [0.1, 0.15) is 49.8 Å². The molecule has 0 radical (unpaired) electrons. The van der Waals surface area contributed by atoms with Crippen LogP contribution in [0.2, 0.25) is 0 Å². The highest BCUT2D eigenvalue weighted by molar-refractivity contribution is 5.97. The minimum atomic E-state index is -4.75. The Kier molecular flexibility index (Phi) is 6.36. The zero-order chi connectivity index (χ0) is 23.8. The molecule has 2 N–H and O–H groups in total. The lowest BCUT2D eigenvalue weighted by Crippen LogP contribution is -2.39. The molecule has 1 atom stereocenters. The van der Waals surface area contributed by atoms with Crippen LogP contribution in [0.25, 0.3) is 5.69 Å². The van der Waals surface area contributed by atoms with Gasteiger partial charge in [-0.2, -0.15) is 17.9 Å². The predicted molar refractivity (Wildman–Crippen MR) is 105 cm³/mol. The summed E-state index contributed by atoms with van der Waals surface area (Å²) in [4.78, 5) is 25.2. The van der Waals surface area contributed by atoms with Crippen molar-refractivity contribution in [3.05, 3.63) is 39.8 Å². The molecule has 1 amide bonds. The molecular formula is C20H24F4N4O4. The van der Waals surface area contributed by atoms with Crippen LogP contribution in [0, 0.1) is 5.82 Å². The summed E-state index contributed by atoms with van der Waals surface area (Å²) < 4.78 is 61.3. The molecule has 0 spiro atoms. The van der Waals surface area contributed by atoms with Gasteiger partial charge in [-0.15, -0.1) is 5.10 Å². The van der Waals surface area contributed by atoms with E-state index in [0.29, 0.717) is 24.9 Å². The Labute approximate surface area is 180 Å². The molecule has 0 saturated carbocycles. The fraction of sp³-hybridized carbons (Fsp3) is 0.550. The van der Waals surface area contributed by atoms with Crippen LogP contribution >= 0.6 is 0 Å². The van der Waals surface area contributed by atoms with Crippen molar-refractivity contribution in [2.75, 3.05) is 6.54 Å². The topological polar surface area (TPSA) is 98.4 Å². The summed E-state index contributed by atoms with van der Waals surface area (Å²) in [5, 5.41) is 16.2. The number of nitrogens with zero attached hydrogens (tertiary/aromatic N) is 3. The van der Waals surface area contributed by atoms with Crippen LogP contribution in [-0.4, -0.2) is 49.8 Å². The maximum absolute atomic E-state index is 15.0. The van der Waals surface area contributed by atoms with E-state index >= 15 is 0 Å². The van der Waals surface area contributed by atoms with E-state index in [-0.39, 0.29) is 6.54 Å². The smallest absolute Gasteiger partial charge is 0.425 e. The van der Waals surface area contributed by atoms with Gasteiger partial charge >= 0.3 is 11.9 Å². The second-order valence-corrected chi connectivity index (χ2v) is 8.32. The number of carbonyl (C=O) groups excluding carboxylic acids is 1. The van der Waals surface area contributed by atoms with Crippen molar-refractivity contribution in [2.24, 2.45) is 0 Å². The number of benzene rings is 1. The van der Waals surface area contributed by atoms with E-state index in [1.807, 2.05) is 0 Å². The van der Waals surface area contributed by atoms with E-state index in [9.17, 15) is 32.3 Å². The molecule has 8 nitrogen and oxygen atoms in total. The quantitative estimate of drug-likeness (QED) is 0.645. The molecule has 1 aliphatic rings. The van der Waals surface area contributed by atoms with Gasteiger partial charge in [0.1, 0.15) is 23.1 Å². The summed E-state index contributed by atoms with van der Waals surface area (Å²) in [5.41, 5.74) is -2.88. The Morgan fingerprint density at radius 3 is 2.59 bits per heavy atom. The third-order valence-corrected chi connectivity index (χ3v) is 4.94. The zero-order valence-corrected chi connectivity index (χ0v) is 17.8. The SMILES string of the molecule is C[C@H](Oc1cc(-n2nc3n(c2=O)CCCC3)c(F)cc1C(=O)NCC(C)(C)O)C(F)(F)F. The molecule has 0 aliphatic carbocycles. The van der Waals surface area contributed by atoms with E-state index < -0.39 is 52.3 Å². The molecule has 2 aromatic rings. The predicted octanol–water partition coefficient (Wildman–Crippen LogP) is 2.34. The molecule has 1 aliphatic heterocycles. The number of ether oxygens (including phenoxy) is 1. The van der Waals surface area contributed by atoms with Crippen molar-refractivity contribution >= 4 is 5.91 Å². The first kappa shape index (κ1) is 23.8. The number of hydrogen-bond donors (Lipinski definition) is 2. The highest BCUT2D eigenvalue weighted by Gasteiger charge is 2.39. The largest absolute Gasteiger partial charge is 0.480 e. The first-order chi connectivity index (χ1) is 14.8. The van der Waals surface area contributed by atoms with Crippen molar-refractivity contribution in [2.45, 2.75) is 64.5 Å². The van der Waals surface area contributed by atoms with Crippen LogP contribution in [0.5, 0.6) is 5.75 Å². The number of hydrogen-bond acceptors (Lipinski definition) is 5. The summed E-state index contributed by atoms with van der Waals surface area (Å²) in [5.74, 6) is -2.11. The fourth-order valence-corrected chi connectivity index (χ4v) is 3.19. The monoisotopic (exact) mass is 460 g/mol. The molecule has 0 fully saturated rings. The Bertz CT molecular complexity index is 1070. The molecule has 3 rings (SSSR count). The van der Waals surface area contributed by atoms with Crippen molar-refractivity contribution in [3.63, 3.8) is 0 Å². The minimum absolute atomic E-state index is 0.239. The van der Waals surface area contributed by atoms with Crippen LogP contribution in [0.3, 0.4) is 0 Å². The van der Waals surface area contributed by atoms with Crippen molar-refractivity contribution in [3.8, 4) is 11.4 Å². The fourth-order valence-electron chi connectivity index (χ4n) is 3.19. The van der Waals surface area contributed by atoms with E-state index in [0.717, 1.165) is 30.5 Å². The molecule has 2 heterocycles. The van der Waals surface area contributed by atoms with Gasteiger partial charge < -0.3 is 15.2 Å².